The van der Waals surface area contributed by atoms with Crippen molar-refractivity contribution in [3.05, 3.63) is 28.8 Å². The molecule has 0 bridgehead atoms. The summed E-state index contributed by atoms with van der Waals surface area (Å²) in [5.74, 6) is 1.10. The summed E-state index contributed by atoms with van der Waals surface area (Å²) in [4.78, 5) is 0. The van der Waals surface area contributed by atoms with Crippen LogP contribution in [0.3, 0.4) is 0 Å². The van der Waals surface area contributed by atoms with Crippen molar-refractivity contribution in [2.75, 3.05) is 6.61 Å². The van der Waals surface area contributed by atoms with Crippen LogP contribution < -0.4 is 4.74 Å². The fraction of sp³-hybridized carbons (Fsp3) is 0.538. The molecule has 0 heterocycles. The van der Waals surface area contributed by atoms with Crippen LogP contribution in [0, 0.1) is 5.92 Å². The van der Waals surface area contributed by atoms with Crippen molar-refractivity contribution >= 4 is 11.6 Å². The molecule has 1 aliphatic rings. The summed E-state index contributed by atoms with van der Waals surface area (Å²) in [7, 11) is 0. The maximum atomic E-state index is 9.41. The summed E-state index contributed by atoms with van der Waals surface area (Å²) in [5, 5.41) is 19.0. The van der Waals surface area contributed by atoms with E-state index in [-0.39, 0.29) is 12.7 Å². The molecule has 3 nitrogen and oxygen atoms in total. The van der Waals surface area contributed by atoms with Gasteiger partial charge in [-0.1, -0.05) is 11.6 Å². The van der Waals surface area contributed by atoms with Crippen LogP contribution in [-0.4, -0.2) is 22.9 Å². The van der Waals surface area contributed by atoms with Crippen molar-refractivity contribution in [3.63, 3.8) is 0 Å². The molecule has 0 aliphatic heterocycles. The minimum atomic E-state index is -0.170. The molecule has 0 amide bonds. The van der Waals surface area contributed by atoms with E-state index in [0.29, 0.717) is 23.3 Å². The van der Waals surface area contributed by atoms with Gasteiger partial charge in [-0.2, -0.15) is 0 Å². The van der Waals surface area contributed by atoms with Crippen LogP contribution in [0.25, 0.3) is 0 Å². The van der Waals surface area contributed by atoms with Gasteiger partial charge in [-0.3, -0.25) is 0 Å². The first-order chi connectivity index (χ1) is 8.17. The third kappa shape index (κ3) is 3.60. The fourth-order valence-electron chi connectivity index (χ4n) is 2.21. The predicted octanol–water partition coefficient (Wildman–Crippen LogP) is 2.37. The van der Waals surface area contributed by atoms with E-state index in [4.69, 9.17) is 21.4 Å². The van der Waals surface area contributed by atoms with Crippen LogP contribution >= 0.6 is 11.6 Å². The molecule has 17 heavy (non-hydrogen) atoms. The van der Waals surface area contributed by atoms with Crippen molar-refractivity contribution in [2.45, 2.75) is 32.0 Å². The Hall–Kier alpha value is -0.770. The smallest absolute Gasteiger partial charge is 0.121 e. The van der Waals surface area contributed by atoms with Crippen LogP contribution in [0.15, 0.2) is 18.2 Å². The predicted molar refractivity (Wildman–Crippen MR) is 66.2 cm³/mol. The topological polar surface area (TPSA) is 49.7 Å². The third-order valence-electron chi connectivity index (χ3n) is 3.11. The van der Waals surface area contributed by atoms with Gasteiger partial charge >= 0.3 is 0 Å². The highest BCUT2D eigenvalue weighted by Gasteiger charge is 2.23. The van der Waals surface area contributed by atoms with Crippen LogP contribution in [0.2, 0.25) is 5.02 Å². The first-order valence-corrected chi connectivity index (χ1v) is 6.26. The Morgan fingerprint density at radius 1 is 1.29 bits per heavy atom. The van der Waals surface area contributed by atoms with E-state index in [1.165, 1.54) is 0 Å². The van der Waals surface area contributed by atoms with E-state index < -0.39 is 0 Å². The second-order valence-corrected chi connectivity index (χ2v) is 5.03. The molecule has 1 fully saturated rings. The molecule has 4 heteroatoms. The highest BCUT2D eigenvalue weighted by atomic mass is 35.5. The van der Waals surface area contributed by atoms with Crippen LogP contribution in [0.4, 0.5) is 0 Å². The molecular formula is C13H17ClO3. The van der Waals surface area contributed by atoms with E-state index in [1.54, 1.807) is 18.2 Å². The van der Waals surface area contributed by atoms with Gasteiger partial charge in [0.25, 0.3) is 0 Å². The lowest BCUT2D eigenvalue weighted by atomic mass is 10.1. The molecule has 0 saturated heterocycles. The number of hydrogen-bond donors (Lipinski definition) is 2. The highest BCUT2D eigenvalue weighted by Crippen LogP contribution is 2.27. The summed E-state index contributed by atoms with van der Waals surface area (Å²) >= 11 is 5.92. The van der Waals surface area contributed by atoms with Gasteiger partial charge in [-0.25, -0.2) is 0 Å². The zero-order valence-corrected chi connectivity index (χ0v) is 10.4. The van der Waals surface area contributed by atoms with Crippen LogP contribution in [-0.2, 0) is 6.61 Å². The average Bonchev–Trinajstić information content (AvgIpc) is 2.72. The second-order valence-electron chi connectivity index (χ2n) is 4.60. The molecule has 1 aliphatic carbocycles. The molecule has 0 radical (unpaired) electrons. The minimum Gasteiger partial charge on any atom is -0.493 e. The first kappa shape index (κ1) is 12.7. The Morgan fingerprint density at radius 2 is 2.12 bits per heavy atom. The molecular weight excluding hydrogens is 240 g/mol. The lowest BCUT2D eigenvalue weighted by Crippen LogP contribution is -2.10. The van der Waals surface area contributed by atoms with E-state index in [9.17, 15) is 5.11 Å². The zero-order chi connectivity index (χ0) is 12.3. The van der Waals surface area contributed by atoms with Crippen LogP contribution in [0.1, 0.15) is 24.8 Å². The van der Waals surface area contributed by atoms with Crippen LogP contribution in [0.5, 0.6) is 5.75 Å². The Morgan fingerprint density at radius 3 is 2.76 bits per heavy atom. The number of aliphatic hydroxyl groups is 2. The quantitative estimate of drug-likeness (QED) is 0.870. The summed E-state index contributed by atoms with van der Waals surface area (Å²) < 4.78 is 5.65. The van der Waals surface area contributed by atoms with E-state index in [1.807, 2.05) is 0 Å². The van der Waals surface area contributed by atoms with Gasteiger partial charge in [0.2, 0.25) is 0 Å². The summed E-state index contributed by atoms with van der Waals surface area (Å²) in [6, 6.07) is 5.25. The number of ether oxygens (including phenoxy) is 1. The van der Waals surface area contributed by atoms with Crippen molar-refractivity contribution in [2.24, 2.45) is 5.92 Å². The maximum absolute atomic E-state index is 9.41. The standard InChI is InChI=1S/C13H17ClO3/c14-11-3-10(7-15)5-13(6-11)17-8-9-1-2-12(16)4-9/h3,5-6,9,12,15-16H,1-2,4,7-8H2. The van der Waals surface area contributed by atoms with Gasteiger partial charge < -0.3 is 14.9 Å². The number of halogens is 1. The van der Waals surface area contributed by atoms with Crippen molar-refractivity contribution < 1.29 is 14.9 Å². The molecule has 2 rings (SSSR count). The summed E-state index contributed by atoms with van der Waals surface area (Å²) in [6.07, 6.45) is 2.52. The van der Waals surface area contributed by atoms with E-state index >= 15 is 0 Å². The van der Waals surface area contributed by atoms with E-state index in [2.05, 4.69) is 0 Å². The minimum absolute atomic E-state index is 0.0426. The molecule has 2 atom stereocenters. The Kier molecular flexibility index (Phi) is 4.26. The third-order valence-corrected chi connectivity index (χ3v) is 3.33. The molecule has 0 aromatic heterocycles. The lowest BCUT2D eigenvalue weighted by molar-refractivity contribution is 0.167. The molecule has 1 aromatic carbocycles. The number of hydrogen-bond acceptors (Lipinski definition) is 3. The van der Waals surface area contributed by atoms with Gasteiger partial charge in [0.1, 0.15) is 5.75 Å². The Balaban J connectivity index is 1.92. The normalized spacial score (nSPS) is 23.9. The second kappa shape index (κ2) is 5.71. The van der Waals surface area contributed by atoms with Gasteiger partial charge in [-0.05, 0) is 48.9 Å². The van der Waals surface area contributed by atoms with Crippen molar-refractivity contribution in [1.82, 2.24) is 0 Å². The SMILES string of the molecule is OCc1cc(Cl)cc(OCC2CCC(O)C2)c1. The highest BCUT2D eigenvalue weighted by molar-refractivity contribution is 6.30. The molecule has 0 spiro atoms. The van der Waals surface area contributed by atoms with Gasteiger partial charge in [0, 0.05) is 5.02 Å². The summed E-state index contributed by atoms with van der Waals surface area (Å²) in [6.45, 7) is 0.557. The number of rotatable bonds is 4. The van der Waals surface area contributed by atoms with Crippen molar-refractivity contribution in [3.8, 4) is 5.75 Å². The van der Waals surface area contributed by atoms with Gasteiger partial charge in [0.15, 0.2) is 0 Å². The zero-order valence-electron chi connectivity index (χ0n) is 9.60. The average molecular weight is 257 g/mol. The molecule has 1 aromatic rings. The number of aliphatic hydroxyl groups excluding tert-OH is 2. The van der Waals surface area contributed by atoms with Crippen molar-refractivity contribution in [1.29, 1.82) is 0 Å². The van der Waals surface area contributed by atoms with Gasteiger partial charge in [0.05, 0.1) is 19.3 Å². The molecule has 94 valence electrons. The Bertz CT molecular complexity index is 381. The fourth-order valence-corrected chi connectivity index (χ4v) is 2.46. The van der Waals surface area contributed by atoms with E-state index in [0.717, 1.165) is 24.8 Å². The first-order valence-electron chi connectivity index (χ1n) is 5.88. The number of benzene rings is 1. The Labute approximate surface area is 106 Å². The molecule has 2 unspecified atom stereocenters. The largest absolute Gasteiger partial charge is 0.493 e. The summed E-state index contributed by atoms with van der Waals surface area (Å²) in [5.41, 5.74) is 0.749. The van der Waals surface area contributed by atoms with Gasteiger partial charge in [-0.15, -0.1) is 0 Å². The maximum Gasteiger partial charge on any atom is 0.121 e. The lowest BCUT2D eigenvalue weighted by Gasteiger charge is -2.12. The molecule has 2 N–H and O–H groups in total. The molecule has 1 saturated carbocycles. The monoisotopic (exact) mass is 256 g/mol.